The van der Waals surface area contributed by atoms with Crippen molar-refractivity contribution < 1.29 is 47.6 Å². The summed E-state index contributed by atoms with van der Waals surface area (Å²) in [6.07, 6.45) is 4.73. The van der Waals surface area contributed by atoms with E-state index in [2.05, 4.69) is 92.9 Å². The molecule has 0 saturated carbocycles. The zero-order valence-corrected chi connectivity index (χ0v) is 33.8. The number of rotatable bonds is 5. The second-order valence-corrected chi connectivity index (χ2v) is 13.0. The Bertz CT molecular complexity index is 2300. The molecule has 0 saturated heterocycles. The summed E-state index contributed by atoms with van der Waals surface area (Å²) in [5, 5.41) is 8.32. The number of carboxylic acid groups (broad SMARTS) is 1. The predicted molar refractivity (Wildman–Crippen MR) is 207 cm³/mol. The fourth-order valence-electron chi connectivity index (χ4n) is 6.49. The molecular formula is C46H37F4IrN3O2-2. The average molecular weight is 932 g/mol. The van der Waals surface area contributed by atoms with Gasteiger partial charge in [0.2, 0.25) is 0 Å². The molecule has 5 nitrogen and oxygen atoms in total. The molecule has 10 heteroatoms. The van der Waals surface area contributed by atoms with Crippen LogP contribution in [0, 0.1) is 76.9 Å². The summed E-state index contributed by atoms with van der Waals surface area (Å²) in [5.74, 6) is -3.60. The second kappa shape index (κ2) is 19.2. The van der Waals surface area contributed by atoms with Crippen LogP contribution in [0.15, 0.2) is 110 Å². The zero-order valence-electron chi connectivity index (χ0n) is 31.4. The topological polar surface area (TPSA) is 76.0 Å². The summed E-state index contributed by atoms with van der Waals surface area (Å²) < 4.78 is 54.1. The van der Waals surface area contributed by atoms with E-state index in [-0.39, 0.29) is 36.9 Å². The number of aryl methyl sites for hydroxylation is 6. The van der Waals surface area contributed by atoms with Crippen LogP contribution in [-0.2, 0) is 20.1 Å². The molecule has 0 aliphatic carbocycles. The first-order valence-electron chi connectivity index (χ1n) is 17.2. The summed E-state index contributed by atoms with van der Waals surface area (Å²) >= 11 is 0. The number of nitrogens with zero attached hydrogens (tertiary/aromatic N) is 3. The van der Waals surface area contributed by atoms with Gasteiger partial charge in [0.15, 0.2) is 0 Å². The number of pyridine rings is 3. The molecule has 0 bridgehead atoms. The normalized spacial score (nSPS) is 10.3. The molecule has 287 valence electrons. The molecule has 0 spiro atoms. The van der Waals surface area contributed by atoms with Gasteiger partial charge in [-0.2, -0.15) is 0 Å². The van der Waals surface area contributed by atoms with Crippen molar-refractivity contribution >= 4 is 5.97 Å². The number of carbonyl (C=O) groups is 1. The van der Waals surface area contributed by atoms with Crippen LogP contribution >= 0.6 is 0 Å². The third kappa shape index (κ3) is 10.7. The van der Waals surface area contributed by atoms with Crippen molar-refractivity contribution in [3.63, 3.8) is 0 Å². The van der Waals surface area contributed by atoms with Crippen LogP contribution in [0.4, 0.5) is 17.6 Å². The smallest absolute Gasteiger partial charge is 0.354 e. The van der Waals surface area contributed by atoms with Crippen LogP contribution in [0.3, 0.4) is 0 Å². The van der Waals surface area contributed by atoms with Gasteiger partial charge >= 0.3 is 5.97 Å². The van der Waals surface area contributed by atoms with Crippen molar-refractivity contribution in [2.45, 2.75) is 41.5 Å². The summed E-state index contributed by atoms with van der Waals surface area (Å²) in [7, 11) is 0. The molecule has 0 unspecified atom stereocenters. The number of hydrogen-bond acceptors (Lipinski definition) is 4. The van der Waals surface area contributed by atoms with Gasteiger partial charge < -0.3 is 15.1 Å². The molecule has 0 aliphatic rings. The van der Waals surface area contributed by atoms with E-state index in [0.717, 1.165) is 68.8 Å². The number of benzene rings is 4. The molecule has 3 heterocycles. The van der Waals surface area contributed by atoms with Crippen LogP contribution in [0.2, 0.25) is 0 Å². The number of aromatic nitrogens is 3. The largest absolute Gasteiger partial charge is 0.477 e. The van der Waals surface area contributed by atoms with Gasteiger partial charge in [-0.3, -0.25) is 17.6 Å². The van der Waals surface area contributed by atoms with E-state index in [0.29, 0.717) is 11.4 Å². The van der Waals surface area contributed by atoms with E-state index < -0.39 is 29.2 Å². The van der Waals surface area contributed by atoms with E-state index in [1.807, 2.05) is 24.3 Å². The molecule has 7 rings (SSSR count). The zero-order chi connectivity index (χ0) is 39.8. The SMILES string of the molecule is Cc1cc(C)c(-c2ccnc(-c3[c-]cc(F)cc3F)c2)c(C)c1.Cc1cc(C)c(-c2ccnc(-c3[c-]cc(F)cc3F)c2)c(C)c1.O=C(O)c1ccccn1.[Ir]. The monoisotopic (exact) mass is 932 g/mol. The van der Waals surface area contributed by atoms with E-state index in [1.54, 1.807) is 24.5 Å². The minimum atomic E-state index is -0.990. The number of hydrogen-bond donors (Lipinski definition) is 1. The standard InChI is InChI=1S/2C20H16F2N.C6H5NO2.Ir/c2*1-12-8-13(2)20(14(3)9-12)15-6-7-23-19(10-15)17-5-4-16(21)11-18(17)22;8-6(9)5-3-1-2-4-7-5;/h2*4,6-11H,1-3H3;1-4H,(H,8,9);/q2*-1;;. The minimum Gasteiger partial charge on any atom is -0.477 e. The first-order valence-corrected chi connectivity index (χ1v) is 17.2. The summed E-state index contributed by atoms with van der Waals surface area (Å²) in [5.41, 5.74) is 12.5. The van der Waals surface area contributed by atoms with Gasteiger partial charge in [-0.05, 0) is 122 Å². The number of aromatic carboxylic acids is 1. The Hall–Kier alpha value is -5.83. The third-order valence-corrected chi connectivity index (χ3v) is 8.56. The maximum Gasteiger partial charge on any atom is 0.354 e. The van der Waals surface area contributed by atoms with Gasteiger partial charge in [-0.15, -0.1) is 24.3 Å². The summed E-state index contributed by atoms with van der Waals surface area (Å²) in [6.45, 7) is 12.3. The van der Waals surface area contributed by atoms with Crippen LogP contribution in [-0.4, -0.2) is 26.0 Å². The molecule has 0 amide bonds. The van der Waals surface area contributed by atoms with Crippen molar-refractivity contribution in [3.05, 3.63) is 184 Å². The van der Waals surface area contributed by atoms with Crippen molar-refractivity contribution in [3.8, 4) is 44.8 Å². The van der Waals surface area contributed by atoms with Gasteiger partial charge in [0.05, 0.1) is 0 Å². The Morgan fingerprint density at radius 2 is 0.964 bits per heavy atom. The van der Waals surface area contributed by atoms with E-state index in [1.165, 1.54) is 23.4 Å². The molecule has 0 atom stereocenters. The molecule has 1 radical (unpaired) electrons. The first kappa shape index (κ1) is 42.9. The predicted octanol–water partition coefficient (Wildman–Crippen LogP) is 11.6. The molecule has 1 N–H and O–H groups in total. The van der Waals surface area contributed by atoms with Crippen molar-refractivity contribution in [1.29, 1.82) is 0 Å². The molecule has 56 heavy (non-hydrogen) atoms. The molecule has 0 fully saturated rings. The van der Waals surface area contributed by atoms with Crippen LogP contribution in [0.25, 0.3) is 44.8 Å². The van der Waals surface area contributed by atoms with Crippen LogP contribution in [0.1, 0.15) is 43.9 Å². The number of carboxylic acids is 1. The van der Waals surface area contributed by atoms with Crippen molar-refractivity contribution in [1.82, 2.24) is 15.0 Å². The van der Waals surface area contributed by atoms with Gasteiger partial charge in [0.1, 0.15) is 5.69 Å². The molecule has 7 aromatic rings. The molecule has 4 aromatic carbocycles. The molecular weight excluding hydrogens is 895 g/mol. The maximum absolute atomic E-state index is 14.0. The van der Waals surface area contributed by atoms with Crippen molar-refractivity contribution in [2.75, 3.05) is 0 Å². The van der Waals surface area contributed by atoms with E-state index >= 15 is 0 Å². The van der Waals surface area contributed by atoms with Gasteiger partial charge in [0, 0.05) is 62.0 Å². The summed E-state index contributed by atoms with van der Waals surface area (Å²) in [4.78, 5) is 22.1. The fourth-order valence-corrected chi connectivity index (χ4v) is 6.49. The number of halogens is 4. The Morgan fingerprint density at radius 3 is 1.29 bits per heavy atom. The van der Waals surface area contributed by atoms with Crippen LogP contribution in [0.5, 0.6) is 0 Å². The average Bonchev–Trinajstić information content (AvgIpc) is 3.12. The quantitative estimate of drug-likeness (QED) is 0.137. The third-order valence-electron chi connectivity index (χ3n) is 8.56. The Morgan fingerprint density at radius 1 is 0.554 bits per heavy atom. The van der Waals surface area contributed by atoms with Crippen molar-refractivity contribution in [2.24, 2.45) is 0 Å². The Balaban J connectivity index is 0.000000201. The maximum atomic E-state index is 14.0. The first-order chi connectivity index (χ1) is 26.2. The molecule has 0 aliphatic heterocycles. The van der Waals surface area contributed by atoms with E-state index in [9.17, 15) is 22.4 Å². The second-order valence-electron chi connectivity index (χ2n) is 13.0. The van der Waals surface area contributed by atoms with Gasteiger partial charge in [-0.1, -0.05) is 76.9 Å². The van der Waals surface area contributed by atoms with Crippen LogP contribution < -0.4 is 0 Å². The van der Waals surface area contributed by atoms with E-state index in [4.69, 9.17) is 5.11 Å². The Labute approximate surface area is 337 Å². The van der Waals surface area contributed by atoms with Gasteiger partial charge in [-0.25, -0.2) is 9.78 Å². The fraction of sp³-hybridized carbons (Fsp3) is 0.130. The Kier molecular flexibility index (Phi) is 14.7. The van der Waals surface area contributed by atoms with Gasteiger partial charge in [0.25, 0.3) is 0 Å². The minimum absolute atomic E-state index is 0. The summed E-state index contributed by atoms with van der Waals surface area (Å²) in [6, 6.07) is 29.8. The molecule has 3 aromatic heterocycles.